The minimum Gasteiger partial charge on any atom is -0.481 e. The third kappa shape index (κ3) is 5.02. The Labute approximate surface area is 166 Å². The van der Waals surface area contributed by atoms with Crippen LogP contribution in [0.5, 0.6) is 0 Å². The van der Waals surface area contributed by atoms with E-state index in [1.54, 1.807) is 34.6 Å². The number of aliphatic hydroxyl groups is 1. The number of ether oxygens (including phenoxy) is 2. The molecule has 1 fully saturated rings. The molecule has 0 saturated carbocycles. The van der Waals surface area contributed by atoms with Crippen molar-refractivity contribution < 1.29 is 29.3 Å². The van der Waals surface area contributed by atoms with Gasteiger partial charge in [-0.05, 0) is 53.5 Å². The van der Waals surface area contributed by atoms with Crippen molar-refractivity contribution >= 4 is 12.1 Å². The Morgan fingerprint density at radius 1 is 1.25 bits per heavy atom. The van der Waals surface area contributed by atoms with Crippen LogP contribution in [0, 0.1) is 5.92 Å². The topological polar surface area (TPSA) is 96.3 Å². The molecule has 1 aromatic carbocycles. The van der Waals surface area contributed by atoms with E-state index in [4.69, 9.17) is 9.47 Å². The van der Waals surface area contributed by atoms with Crippen LogP contribution in [0.1, 0.15) is 47.1 Å². The summed E-state index contributed by atoms with van der Waals surface area (Å²) in [6.45, 7) is 10.2. The van der Waals surface area contributed by atoms with Crippen LogP contribution in [0.2, 0.25) is 0 Å². The molecule has 156 valence electrons. The molecule has 4 atom stereocenters. The molecule has 0 bridgehead atoms. The molecule has 0 spiro atoms. The largest absolute Gasteiger partial charge is 0.481 e. The van der Waals surface area contributed by atoms with Gasteiger partial charge >= 0.3 is 12.1 Å². The van der Waals surface area contributed by atoms with Crippen LogP contribution < -0.4 is 0 Å². The van der Waals surface area contributed by atoms with E-state index in [9.17, 15) is 19.8 Å². The summed E-state index contributed by atoms with van der Waals surface area (Å²) in [5, 5.41) is 20.0. The molecule has 0 aliphatic carbocycles. The smallest absolute Gasteiger partial charge is 0.412 e. The minimum absolute atomic E-state index is 0.400. The van der Waals surface area contributed by atoms with Crippen molar-refractivity contribution in [3.8, 4) is 0 Å². The number of rotatable bonds is 5. The van der Waals surface area contributed by atoms with Crippen LogP contribution in [0.25, 0.3) is 0 Å². The van der Waals surface area contributed by atoms with E-state index in [0.717, 1.165) is 5.56 Å². The SMILES string of the molecule is C[C@H](C(=O)O)[C@H](O)C1OC(C)(C)N(C(=O)OC(C)(C)C)C1Cc1ccccc1. The molecule has 1 heterocycles. The zero-order valence-corrected chi connectivity index (χ0v) is 17.4. The third-order valence-electron chi connectivity index (χ3n) is 4.83. The van der Waals surface area contributed by atoms with Gasteiger partial charge in [0.2, 0.25) is 0 Å². The van der Waals surface area contributed by atoms with Gasteiger partial charge in [0, 0.05) is 0 Å². The van der Waals surface area contributed by atoms with Crippen molar-refractivity contribution in [3.63, 3.8) is 0 Å². The first-order valence-corrected chi connectivity index (χ1v) is 9.48. The molecule has 28 heavy (non-hydrogen) atoms. The van der Waals surface area contributed by atoms with E-state index in [2.05, 4.69) is 0 Å². The van der Waals surface area contributed by atoms with E-state index in [1.165, 1.54) is 11.8 Å². The lowest BCUT2D eigenvalue weighted by Crippen LogP contribution is -2.52. The fourth-order valence-electron chi connectivity index (χ4n) is 3.47. The maximum Gasteiger partial charge on any atom is 0.412 e. The first-order valence-electron chi connectivity index (χ1n) is 9.48. The molecule has 0 radical (unpaired) electrons. The van der Waals surface area contributed by atoms with Gasteiger partial charge in [-0.2, -0.15) is 0 Å². The number of nitrogens with zero attached hydrogens (tertiary/aromatic N) is 1. The second-order valence-electron chi connectivity index (χ2n) is 8.75. The Balaban J connectivity index is 2.41. The lowest BCUT2D eigenvalue weighted by molar-refractivity contribution is -0.153. The molecule has 0 aromatic heterocycles. The van der Waals surface area contributed by atoms with E-state index >= 15 is 0 Å². The normalized spacial score (nSPS) is 23.9. The fraction of sp³-hybridized carbons (Fsp3) is 0.619. The Morgan fingerprint density at radius 2 is 1.82 bits per heavy atom. The third-order valence-corrected chi connectivity index (χ3v) is 4.83. The molecule has 2 unspecified atom stereocenters. The van der Waals surface area contributed by atoms with Gasteiger partial charge in [-0.25, -0.2) is 4.79 Å². The highest BCUT2D eigenvalue weighted by Crippen LogP contribution is 2.38. The summed E-state index contributed by atoms with van der Waals surface area (Å²) in [5.41, 5.74) is -0.816. The molecule has 1 aliphatic heterocycles. The van der Waals surface area contributed by atoms with Crippen LogP contribution in [0.4, 0.5) is 4.79 Å². The Bertz CT molecular complexity index is 697. The number of benzene rings is 1. The van der Waals surface area contributed by atoms with Crippen LogP contribution in [0.15, 0.2) is 30.3 Å². The highest BCUT2D eigenvalue weighted by Gasteiger charge is 2.54. The van der Waals surface area contributed by atoms with Crippen molar-refractivity contribution in [1.29, 1.82) is 0 Å². The van der Waals surface area contributed by atoms with Crippen molar-refractivity contribution in [1.82, 2.24) is 4.90 Å². The van der Waals surface area contributed by atoms with Crippen molar-refractivity contribution in [2.75, 3.05) is 0 Å². The van der Waals surface area contributed by atoms with Gasteiger partial charge in [0.15, 0.2) is 0 Å². The summed E-state index contributed by atoms with van der Waals surface area (Å²) in [4.78, 5) is 25.9. The average Bonchev–Trinajstić information content (AvgIpc) is 2.83. The lowest BCUT2D eigenvalue weighted by atomic mass is 9.91. The number of hydrogen-bond donors (Lipinski definition) is 2. The van der Waals surface area contributed by atoms with Gasteiger partial charge in [0.05, 0.1) is 18.1 Å². The quantitative estimate of drug-likeness (QED) is 0.798. The molecule has 1 aliphatic rings. The molecule has 2 N–H and O–H groups in total. The molecule has 1 saturated heterocycles. The Hall–Kier alpha value is -2.12. The predicted molar refractivity (Wildman–Crippen MR) is 104 cm³/mol. The maximum atomic E-state index is 13.0. The predicted octanol–water partition coefficient (Wildman–Crippen LogP) is 3.05. The van der Waals surface area contributed by atoms with Gasteiger partial charge in [-0.1, -0.05) is 30.3 Å². The molecule has 1 amide bonds. The number of carboxylic acid groups (broad SMARTS) is 1. The molecular weight excluding hydrogens is 362 g/mol. The second-order valence-corrected chi connectivity index (χ2v) is 8.75. The summed E-state index contributed by atoms with van der Waals surface area (Å²) in [6.07, 6.45) is -2.31. The van der Waals surface area contributed by atoms with Crippen LogP contribution in [-0.4, -0.2) is 56.8 Å². The summed E-state index contributed by atoms with van der Waals surface area (Å²) in [7, 11) is 0. The molecule has 1 aromatic rings. The number of aliphatic carboxylic acids is 1. The second kappa shape index (κ2) is 8.09. The monoisotopic (exact) mass is 393 g/mol. The summed E-state index contributed by atoms with van der Waals surface area (Å²) in [5.74, 6) is -2.17. The maximum absolute atomic E-state index is 13.0. The standard InChI is InChI=1S/C21H31NO6/c1-13(18(24)25)16(23)17-15(12-14-10-8-7-9-11-14)22(21(5,6)27-17)19(26)28-20(2,3)4/h7-11,13,15-17,23H,12H2,1-6H3,(H,24,25)/t13-,15?,16-,17?/m0/s1. The van der Waals surface area contributed by atoms with E-state index in [1.807, 2.05) is 30.3 Å². The first kappa shape index (κ1) is 22.2. The van der Waals surface area contributed by atoms with Crippen molar-refractivity contribution in [2.24, 2.45) is 5.92 Å². The first-order chi connectivity index (χ1) is 12.8. The van der Waals surface area contributed by atoms with Crippen LogP contribution >= 0.6 is 0 Å². The van der Waals surface area contributed by atoms with Crippen LogP contribution in [0.3, 0.4) is 0 Å². The van der Waals surface area contributed by atoms with E-state index < -0.39 is 47.6 Å². The Kier molecular flexibility index (Phi) is 6.41. The molecule has 7 nitrogen and oxygen atoms in total. The van der Waals surface area contributed by atoms with E-state index in [-0.39, 0.29) is 0 Å². The molecule has 7 heteroatoms. The minimum atomic E-state index is -1.28. The molecule has 2 rings (SSSR count). The number of amides is 1. The molecular formula is C21H31NO6. The Morgan fingerprint density at radius 3 is 2.32 bits per heavy atom. The number of hydrogen-bond acceptors (Lipinski definition) is 5. The number of carboxylic acids is 1. The van der Waals surface area contributed by atoms with Crippen molar-refractivity contribution in [2.45, 2.75) is 77.5 Å². The fourth-order valence-corrected chi connectivity index (χ4v) is 3.47. The summed E-state index contributed by atoms with van der Waals surface area (Å²) < 4.78 is 11.6. The number of aliphatic hydroxyl groups excluding tert-OH is 1. The van der Waals surface area contributed by atoms with Crippen LogP contribution in [-0.2, 0) is 20.7 Å². The highest BCUT2D eigenvalue weighted by molar-refractivity contribution is 5.71. The van der Waals surface area contributed by atoms with Gasteiger partial charge in [-0.3, -0.25) is 9.69 Å². The highest BCUT2D eigenvalue weighted by atomic mass is 16.6. The van der Waals surface area contributed by atoms with E-state index in [0.29, 0.717) is 6.42 Å². The average molecular weight is 393 g/mol. The lowest BCUT2D eigenvalue weighted by Gasteiger charge is -2.35. The zero-order chi connectivity index (χ0) is 21.3. The number of carbonyl (C=O) groups excluding carboxylic acids is 1. The van der Waals surface area contributed by atoms with Crippen molar-refractivity contribution in [3.05, 3.63) is 35.9 Å². The number of carbonyl (C=O) groups is 2. The zero-order valence-electron chi connectivity index (χ0n) is 17.4. The van der Waals surface area contributed by atoms with Gasteiger partial charge in [-0.15, -0.1) is 0 Å². The summed E-state index contributed by atoms with van der Waals surface area (Å²) in [6, 6.07) is 8.93. The van der Waals surface area contributed by atoms with Gasteiger partial charge in [0.25, 0.3) is 0 Å². The van der Waals surface area contributed by atoms with Gasteiger partial charge < -0.3 is 19.7 Å². The summed E-state index contributed by atoms with van der Waals surface area (Å²) >= 11 is 0. The van der Waals surface area contributed by atoms with Gasteiger partial charge in [0.1, 0.15) is 17.4 Å².